The van der Waals surface area contributed by atoms with E-state index in [0.717, 1.165) is 18.9 Å². The van der Waals surface area contributed by atoms with Crippen LogP contribution in [0.25, 0.3) is 0 Å². The monoisotopic (exact) mass is 171 g/mol. The molecule has 2 atom stereocenters. The number of carboxylic acids is 1. The number of hydrogen-bond donors (Lipinski definition) is 2. The summed E-state index contributed by atoms with van der Waals surface area (Å²) in [7, 11) is 0. The molecule has 2 N–H and O–H groups in total. The van der Waals surface area contributed by atoms with Crippen molar-refractivity contribution in [2.45, 2.75) is 38.6 Å². The standard InChI is InChI=1S/C9H17NO2/c1-2-7-3-4-10-8(5-7)6-9(11)12/h7-8,10H,2-6H2,1H3,(H,11,12). The Balaban J connectivity index is 2.30. The summed E-state index contributed by atoms with van der Waals surface area (Å²) in [5.74, 6) is 0.0415. The lowest BCUT2D eigenvalue weighted by atomic mass is 9.89. The molecule has 0 aliphatic carbocycles. The van der Waals surface area contributed by atoms with Crippen LogP contribution in [0.1, 0.15) is 32.6 Å². The highest BCUT2D eigenvalue weighted by atomic mass is 16.4. The van der Waals surface area contributed by atoms with E-state index in [9.17, 15) is 4.79 Å². The summed E-state index contributed by atoms with van der Waals surface area (Å²) in [6.07, 6.45) is 3.68. The van der Waals surface area contributed by atoms with E-state index in [0.29, 0.717) is 0 Å². The third-order valence-corrected chi connectivity index (χ3v) is 2.60. The number of piperidine rings is 1. The van der Waals surface area contributed by atoms with Crippen LogP contribution in [0.5, 0.6) is 0 Å². The van der Waals surface area contributed by atoms with Crippen LogP contribution in [0.15, 0.2) is 0 Å². The molecule has 0 saturated carbocycles. The SMILES string of the molecule is CCC1CCNC(CC(=O)O)C1. The van der Waals surface area contributed by atoms with Gasteiger partial charge in [-0.05, 0) is 25.3 Å². The zero-order valence-electron chi connectivity index (χ0n) is 7.55. The van der Waals surface area contributed by atoms with E-state index in [-0.39, 0.29) is 12.5 Å². The number of aliphatic carboxylic acids is 1. The first kappa shape index (κ1) is 9.52. The van der Waals surface area contributed by atoms with Crippen LogP contribution in [-0.2, 0) is 4.79 Å². The minimum Gasteiger partial charge on any atom is -0.481 e. The van der Waals surface area contributed by atoms with Crippen molar-refractivity contribution in [1.29, 1.82) is 0 Å². The summed E-state index contributed by atoms with van der Waals surface area (Å²) in [4.78, 5) is 10.4. The first-order valence-electron chi connectivity index (χ1n) is 4.67. The summed E-state index contributed by atoms with van der Waals surface area (Å²) in [6.45, 7) is 3.16. The van der Waals surface area contributed by atoms with Gasteiger partial charge in [0.05, 0.1) is 6.42 Å². The number of carbonyl (C=O) groups is 1. The Morgan fingerprint density at radius 3 is 3.00 bits per heavy atom. The summed E-state index contributed by atoms with van der Waals surface area (Å²) < 4.78 is 0. The van der Waals surface area contributed by atoms with Crippen molar-refractivity contribution in [1.82, 2.24) is 5.32 Å². The number of nitrogens with one attached hydrogen (secondary N) is 1. The van der Waals surface area contributed by atoms with E-state index in [1.54, 1.807) is 0 Å². The fourth-order valence-corrected chi connectivity index (χ4v) is 1.83. The maximum atomic E-state index is 10.4. The maximum absolute atomic E-state index is 10.4. The van der Waals surface area contributed by atoms with Crippen molar-refractivity contribution in [2.24, 2.45) is 5.92 Å². The van der Waals surface area contributed by atoms with Crippen LogP contribution >= 0.6 is 0 Å². The second kappa shape index (κ2) is 4.45. The lowest BCUT2D eigenvalue weighted by molar-refractivity contribution is -0.137. The average molecular weight is 171 g/mol. The molecule has 70 valence electrons. The molecule has 1 heterocycles. The van der Waals surface area contributed by atoms with Gasteiger partial charge < -0.3 is 10.4 Å². The molecule has 1 saturated heterocycles. The van der Waals surface area contributed by atoms with Crippen molar-refractivity contribution in [3.05, 3.63) is 0 Å². The van der Waals surface area contributed by atoms with Crippen molar-refractivity contribution in [3.8, 4) is 0 Å². The van der Waals surface area contributed by atoms with Crippen molar-refractivity contribution >= 4 is 5.97 Å². The predicted octanol–water partition coefficient (Wildman–Crippen LogP) is 1.24. The highest BCUT2D eigenvalue weighted by Crippen LogP contribution is 2.20. The molecule has 1 aliphatic heterocycles. The largest absolute Gasteiger partial charge is 0.481 e. The fourth-order valence-electron chi connectivity index (χ4n) is 1.83. The number of hydrogen-bond acceptors (Lipinski definition) is 2. The minimum atomic E-state index is -0.691. The van der Waals surface area contributed by atoms with Crippen LogP contribution in [0, 0.1) is 5.92 Å². The van der Waals surface area contributed by atoms with Gasteiger partial charge in [-0.25, -0.2) is 0 Å². The molecule has 0 aromatic carbocycles. The number of carboxylic acid groups (broad SMARTS) is 1. The topological polar surface area (TPSA) is 49.3 Å². The molecule has 2 unspecified atom stereocenters. The smallest absolute Gasteiger partial charge is 0.304 e. The van der Waals surface area contributed by atoms with Crippen molar-refractivity contribution < 1.29 is 9.90 Å². The van der Waals surface area contributed by atoms with Gasteiger partial charge in [-0.1, -0.05) is 13.3 Å². The van der Waals surface area contributed by atoms with Gasteiger partial charge in [-0.3, -0.25) is 4.79 Å². The Morgan fingerprint density at radius 2 is 2.42 bits per heavy atom. The van der Waals surface area contributed by atoms with Crippen molar-refractivity contribution in [3.63, 3.8) is 0 Å². The minimum absolute atomic E-state index is 0.209. The molecular weight excluding hydrogens is 154 g/mol. The van der Waals surface area contributed by atoms with E-state index in [1.807, 2.05) is 0 Å². The zero-order valence-corrected chi connectivity index (χ0v) is 7.55. The molecule has 0 aromatic heterocycles. The molecule has 0 aromatic rings. The van der Waals surface area contributed by atoms with Crippen LogP contribution in [0.3, 0.4) is 0 Å². The molecule has 3 nitrogen and oxygen atoms in total. The van der Waals surface area contributed by atoms with Crippen LogP contribution in [-0.4, -0.2) is 23.7 Å². The Hall–Kier alpha value is -0.570. The van der Waals surface area contributed by atoms with Gasteiger partial charge >= 0.3 is 5.97 Å². The second-order valence-corrected chi connectivity index (χ2v) is 3.55. The highest BCUT2D eigenvalue weighted by Gasteiger charge is 2.21. The van der Waals surface area contributed by atoms with Gasteiger partial charge in [0.25, 0.3) is 0 Å². The lowest BCUT2D eigenvalue weighted by Gasteiger charge is -2.28. The van der Waals surface area contributed by atoms with Gasteiger partial charge in [-0.15, -0.1) is 0 Å². The predicted molar refractivity (Wildman–Crippen MR) is 47.1 cm³/mol. The Bertz CT molecular complexity index is 159. The van der Waals surface area contributed by atoms with E-state index < -0.39 is 5.97 Å². The molecule has 0 amide bonds. The van der Waals surface area contributed by atoms with Gasteiger partial charge in [0.15, 0.2) is 0 Å². The molecule has 1 aliphatic rings. The van der Waals surface area contributed by atoms with Gasteiger partial charge in [0.1, 0.15) is 0 Å². The van der Waals surface area contributed by atoms with E-state index in [2.05, 4.69) is 12.2 Å². The van der Waals surface area contributed by atoms with Crippen LogP contribution in [0.4, 0.5) is 0 Å². The molecule has 0 radical (unpaired) electrons. The molecule has 0 spiro atoms. The maximum Gasteiger partial charge on any atom is 0.304 e. The molecule has 12 heavy (non-hydrogen) atoms. The number of rotatable bonds is 3. The fraction of sp³-hybridized carbons (Fsp3) is 0.889. The Morgan fingerprint density at radius 1 is 1.67 bits per heavy atom. The van der Waals surface area contributed by atoms with E-state index in [4.69, 9.17) is 5.11 Å². The summed E-state index contributed by atoms with van der Waals surface area (Å²) >= 11 is 0. The summed E-state index contributed by atoms with van der Waals surface area (Å²) in [6, 6.07) is 0.209. The van der Waals surface area contributed by atoms with Gasteiger partial charge in [0, 0.05) is 6.04 Å². The second-order valence-electron chi connectivity index (χ2n) is 3.55. The van der Waals surface area contributed by atoms with Crippen LogP contribution < -0.4 is 5.32 Å². The molecule has 3 heteroatoms. The normalized spacial score (nSPS) is 30.1. The lowest BCUT2D eigenvalue weighted by Crippen LogP contribution is -2.39. The third-order valence-electron chi connectivity index (χ3n) is 2.60. The molecule has 0 bridgehead atoms. The summed E-state index contributed by atoms with van der Waals surface area (Å²) in [5, 5.41) is 11.8. The quantitative estimate of drug-likeness (QED) is 0.671. The highest BCUT2D eigenvalue weighted by molar-refractivity contribution is 5.67. The average Bonchev–Trinajstić information content (AvgIpc) is 2.03. The van der Waals surface area contributed by atoms with Gasteiger partial charge in [-0.2, -0.15) is 0 Å². The van der Waals surface area contributed by atoms with E-state index in [1.165, 1.54) is 12.8 Å². The first-order valence-corrected chi connectivity index (χ1v) is 4.67. The summed E-state index contributed by atoms with van der Waals surface area (Å²) in [5.41, 5.74) is 0. The first-order chi connectivity index (χ1) is 5.72. The Labute approximate surface area is 73.2 Å². The van der Waals surface area contributed by atoms with Crippen LogP contribution in [0.2, 0.25) is 0 Å². The third kappa shape index (κ3) is 2.81. The zero-order chi connectivity index (χ0) is 8.97. The Kier molecular flexibility index (Phi) is 3.53. The van der Waals surface area contributed by atoms with Gasteiger partial charge in [0.2, 0.25) is 0 Å². The molecule has 1 fully saturated rings. The molecular formula is C9H17NO2. The molecule has 1 rings (SSSR count). The van der Waals surface area contributed by atoms with E-state index >= 15 is 0 Å². The van der Waals surface area contributed by atoms with Crippen molar-refractivity contribution in [2.75, 3.05) is 6.54 Å².